The first-order valence-corrected chi connectivity index (χ1v) is 7.73. The molecule has 104 valence electrons. The van der Waals surface area contributed by atoms with Crippen molar-refractivity contribution in [1.29, 1.82) is 5.26 Å². The molecule has 1 amide bonds. The van der Waals surface area contributed by atoms with Crippen molar-refractivity contribution >= 4 is 5.91 Å². The van der Waals surface area contributed by atoms with Gasteiger partial charge < -0.3 is 4.90 Å². The highest BCUT2D eigenvalue weighted by atomic mass is 16.2. The fourth-order valence-corrected chi connectivity index (χ4v) is 5.05. The van der Waals surface area contributed by atoms with Crippen molar-refractivity contribution in [3.63, 3.8) is 0 Å². The zero-order chi connectivity index (χ0) is 13.6. The van der Waals surface area contributed by atoms with Crippen molar-refractivity contribution in [2.24, 2.45) is 29.6 Å². The average molecular weight is 260 g/mol. The molecular weight excluding hydrogens is 236 g/mol. The van der Waals surface area contributed by atoms with Gasteiger partial charge in [0.25, 0.3) is 0 Å². The summed E-state index contributed by atoms with van der Waals surface area (Å²) in [6, 6.07) is 2.23. The number of nitrogens with zero attached hydrogens (tertiary/aromatic N) is 2. The van der Waals surface area contributed by atoms with E-state index in [1.54, 1.807) is 0 Å². The highest BCUT2D eigenvalue weighted by molar-refractivity contribution is 5.80. The lowest BCUT2D eigenvalue weighted by Gasteiger charge is -2.54. The van der Waals surface area contributed by atoms with Crippen LogP contribution in [0.25, 0.3) is 0 Å². The first-order valence-electron chi connectivity index (χ1n) is 7.73. The minimum absolute atomic E-state index is 0.0506. The van der Waals surface area contributed by atoms with Gasteiger partial charge in [-0.2, -0.15) is 5.26 Å². The van der Waals surface area contributed by atoms with E-state index in [-0.39, 0.29) is 12.0 Å². The van der Waals surface area contributed by atoms with E-state index in [2.05, 4.69) is 6.07 Å². The van der Waals surface area contributed by atoms with E-state index in [9.17, 15) is 4.79 Å². The number of rotatable bonds is 3. The summed E-state index contributed by atoms with van der Waals surface area (Å²) in [5, 5.41) is 8.79. The molecule has 0 spiro atoms. The fraction of sp³-hybridized carbons (Fsp3) is 0.875. The van der Waals surface area contributed by atoms with Gasteiger partial charge >= 0.3 is 0 Å². The molecule has 4 saturated carbocycles. The highest BCUT2D eigenvalue weighted by Crippen LogP contribution is 2.56. The molecule has 0 saturated heterocycles. The van der Waals surface area contributed by atoms with Gasteiger partial charge in [0.1, 0.15) is 0 Å². The molecule has 0 N–H and O–H groups in total. The van der Waals surface area contributed by atoms with Crippen molar-refractivity contribution < 1.29 is 4.79 Å². The van der Waals surface area contributed by atoms with Gasteiger partial charge in [-0.1, -0.05) is 0 Å². The second kappa shape index (κ2) is 4.81. The molecule has 4 bridgehead atoms. The highest BCUT2D eigenvalue weighted by Gasteiger charge is 2.51. The predicted octanol–water partition coefficient (Wildman–Crippen LogP) is 2.82. The van der Waals surface area contributed by atoms with Crippen LogP contribution >= 0.6 is 0 Å². The fourth-order valence-electron chi connectivity index (χ4n) is 5.05. The summed E-state index contributed by atoms with van der Waals surface area (Å²) < 4.78 is 0. The zero-order valence-corrected chi connectivity index (χ0v) is 12.0. The molecule has 0 aromatic heterocycles. The summed E-state index contributed by atoms with van der Waals surface area (Å²) >= 11 is 0. The Morgan fingerprint density at radius 2 is 1.74 bits per heavy atom. The molecule has 3 nitrogen and oxygen atoms in total. The molecular formula is C16H24N2O. The van der Waals surface area contributed by atoms with Crippen molar-refractivity contribution in [2.45, 2.75) is 51.5 Å². The Hall–Kier alpha value is -1.04. The third-order valence-electron chi connectivity index (χ3n) is 5.91. The van der Waals surface area contributed by atoms with Crippen LogP contribution in [0.4, 0.5) is 0 Å². The molecule has 0 aliphatic heterocycles. The molecule has 1 unspecified atom stereocenters. The van der Waals surface area contributed by atoms with Crippen LogP contribution in [-0.2, 0) is 4.79 Å². The topological polar surface area (TPSA) is 44.1 Å². The molecule has 4 aliphatic carbocycles. The maximum atomic E-state index is 12.8. The smallest absolute Gasteiger partial charge is 0.226 e. The lowest BCUT2D eigenvalue weighted by Crippen LogP contribution is -2.52. The molecule has 19 heavy (non-hydrogen) atoms. The number of amides is 1. The van der Waals surface area contributed by atoms with E-state index in [1.165, 1.54) is 32.1 Å². The second-order valence-corrected chi connectivity index (χ2v) is 7.12. The van der Waals surface area contributed by atoms with Crippen molar-refractivity contribution in [2.75, 3.05) is 7.05 Å². The van der Waals surface area contributed by atoms with Crippen LogP contribution in [0.15, 0.2) is 0 Å². The standard InChI is InChI=1S/C16H24N2O/c1-10(3-4-17)18(2)16(19)15-13-6-11-5-12(8-13)9-14(15)7-11/h10-15H,3,5-9H2,1-2H3. The zero-order valence-electron chi connectivity index (χ0n) is 12.0. The Morgan fingerprint density at radius 3 is 2.21 bits per heavy atom. The van der Waals surface area contributed by atoms with E-state index in [4.69, 9.17) is 5.26 Å². The first kappa shape index (κ1) is 13.0. The molecule has 0 radical (unpaired) electrons. The Morgan fingerprint density at radius 1 is 1.21 bits per heavy atom. The monoisotopic (exact) mass is 260 g/mol. The Balaban J connectivity index is 1.72. The molecule has 1 atom stereocenters. The van der Waals surface area contributed by atoms with Crippen molar-refractivity contribution in [3.05, 3.63) is 0 Å². The van der Waals surface area contributed by atoms with E-state index in [0.29, 0.717) is 24.2 Å². The number of carbonyl (C=O) groups excluding carboxylic acids is 1. The summed E-state index contributed by atoms with van der Waals surface area (Å²) in [6.45, 7) is 1.98. The van der Waals surface area contributed by atoms with Crippen LogP contribution in [0.2, 0.25) is 0 Å². The molecule has 4 aliphatic rings. The lowest BCUT2D eigenvalue weighted by molar-refractivity contribution is -0.149. The SMILES string of the molecule is CC(CC#N)N(C)C(=O)C1C2CC3CC(C2)CC1C3. The van der Waals surface area contributed by atoms with Gasteiger partial charge in [0.2, 0.25) is 5.91 Å². The second-order valence-electron chi connectivity index (χ2n) is 7.12. The Bertz CT molecular complexity index is 383. The minimum atomic E-state index is 0.0506. The van der Waals surface area contributed by atoms with Gasteiger partial charge in [-0.05, 0) is 62.7 Å². The van der Waals surface area contributed by atoms with Gasteiger partial charge in [0.15, 0.2) is 0 Å². The van der Waals surface area contributed by atoms with Crippen LogP contribution in [0.3, 0.4) is 0 Å². The quantitative estimate of drug-likeness (QED) is 0.783. The molecule has 3 heteroatoms. The minimum Gasteiger partial charge on any atom is -0.342 e. The third-order valence-corrected chi connectivity index (χ3v) is 5.91. The molecule has 0 heterocycles. The van der Waals surface area contributed by atoms with Gasteiger partial charge in [-0.25, -0.2) is 0 Å². The maximum absolute atomic E-state index is 12.8. The summed E-state index contributed by atoms with van der Waals surface area (Å²) in [6.07, 6.45) is 6.99. The van der Waals surface area contributed by atoms with Crippen LogP contribution in [-0.4, -0.2) is 23.9 Å². The number of hydrogen-bond acceptors (Lipinski definition) is 2. The van der Waals surface area contributed by atoms with Crippen LogP contribution < -0.4 is 0 Å². The lowest BCUT2D eigenvalue weighted by atomic mass is 9.51. The van der Waals surface area contributed by atoms with E-state index < -0.39 is 0 Å². The van der Waals surface area contributed by atoms with Gasteiger partial charge in [0, 0.05) is 19.0 Å². The van der Waals surface area contributed by atoms with Gasteiger partial charge in [0.05, 0.1) is 12.5 Å². The third kappa shape index (κ3) is 2.16. The summed E-state index contributed by atoms with van der Waals surface area (Å²) in [5.41, 5.74) is 0. The normalized spacial score (nSPS) is 40.8. The van der Waals surface area contributed by atoms with E-state index in [0.717, 1.165) is 11.8 Å². The Labute approximate surface area is 116 Å². The van der Waals surface area contributed by atoms with Crippen LogP contribution in [0, 0.1) is 40.9 Å². The maximum Gasteiger partial charge on any atom is 0.226 e. The van der Waals surface area contributed by atoms with Gasteiger partial charge in [-0.15, -0.1) is 0 Å². The molecule has 0 aromatic carbocycles. The average Bonchev–Trinajstić information content (AvgIpc) is 2.36. The number of carbonyl (C=O) groups is 1. The summed E-state index contributed by atoms with van der Waals surface area (Å²) in [4.78, 5) is 14.6. The van der Waals surface area contributed by atoms with Gasteiger partial charge in [-0.3, -0.25) is 4.79 Å². The van der Waals surface area contributed by atoms with Crippen molar-refractivity contribution in [1.82, 2.24) is 4.90 Å². The van der Waals surface area contributed by atoms with Crippen molar-refractivity contribution in [3.8, 4) is 6.07 Å². The van der Waals surface area contributed by atoms with E-state index in [1.807, 2.05) is 18.9 Å². The summed E-state index contributed by atoms with van der Waals surface area (Å²) in [7, 11) is 1.88. The predicted molar refractivity (Wildman–Crippen MR) is 73.0 cm³/mol. The molecule has 4 rings (SSSR count). The number of hydrogen-bond donors (Lipinski definition) is 0. The summed E-state index contributed by atoms with van der Waals surface area (Å²) in [5.74, 6) is 3.68. The number of nitriles is 1. The van der Waals surface area contributed by atoms with Crippen LogP contribution in [0.1, 0.15) is 45.4 Å². The first-order chi connectivity index (χ1) is 9.10. The molecule has 4 fully saturated rings. The molecule has 0 aromatic rings. The largest absolute Gasteiger partial charge is 0.342 e. The van der Waals surface area contributed by atoms with E-state index >= 15 is 0 Å². The van der Waals surface area contributed by atoms with Crippen LogP contribution in [0.5, 0.6) is 0 Å². The Kier molecular flexibility index (Phi) is 3.28.